The number of halogens is 2. The summed E-state index contributed by atoms with van der Waals surface area (Å²) in [6, 6.07) is 0. The lowest BCUT2D eigenvalue weighted by atomic mass is 10.3. The Morgan fingerprint density at radius 2 is 1.92 bits per heavy atom. The van der Waals surface area contributed by atoms with E-state index >= 15 is 0 Å². The van der Waals surface area contributed by atoms with Crippen LogP contribution in [0.2, 0.25) is 0 Å². The highest BCUT2D eigenvalue weighted by atomic mass is 35.5. The van der Waals surface area contributed by atoms with Crippen LogP contribution < -0.4 is 5.73 Å². The molecular weight excluding hydrogens is 199 g/mol. The molecule has 0 aromatic carbocycles. The lowest BCUT2D eigenvalue weighted by Crippen LogP contribution is -2.42. The molecule has 12 heavy (non-hydrogen) atoms. The second-order valence-corrected chi connectivity index (χ2v) is 3.90. The Kier molecular flexibility index (Phi) is 4.61. The molecule has 0 amide bonds. The molecule has 1 aliphatic rings. The molecule has 2 atom stereocenters. The first-order valence-corrected chi connectivity index (χ1v) is 4.93. The monoisotopic (exact) mass is 212 g/mol. The van der Waals surface area contributed by atoms with Gasteiger partial charge in [-0.2, -0.15) is 0 Å². The quantitative estimate of drug-likeness (QED) is 0.556. The molecular formula is C7H14Cl2N2O. The highest BCUT2D eigenvalue weighted by molar-refractivity contribution is 6.23. The van der Waals surface area contributed by atoms with E-state index in [1.54, 1.807) is 0 Å². The molecule has 72 valence electrons. The molecule has 1 fully saturated rings. The van der Waals surface area contributed by atoms with Gasteiger partial charge in [-0.3, -0.25) is 4.90 Å². The predicted molar refractivity (Wildman–Crippen MR) is 50.5 cm³/mol. The minimum atomic E-state index is -0.352. The fourth-order valence-corrected chi connectivity index (χ4v) is 1.84. The molecule has 5 heteroatoms. The van der Waals surface area contributed by atoms with Gasteiger partial charge in [0.25, 0.3) is 0 Å². The maximum absolute atomic E-state index is 6.06. The fraction of sp³-hybridized carbons (Fsp3) is 1.00. The van der Waals surface area contributed by atoms with Crippen LogP contribution >= 0.6 is 23.2 Å². The second kappa shape index (κ2) is 5.25. The fourth-order valence-electron chi connectivity index (χ4n) is 1.19. The van der Waals surface area contributed by atoms with E-state index < -0.39 is 0 Å². The SMILES string of the molecule is NC(Cl)CC(Cl)N1CCOCC1. The van der Waals surface area contributed by atoms with E-state index in [-0.39, 0.29) is 11.0 Å². The van der Waals surface area contributed by atoms with E-state index in [2.05, 4.69) is 4.90 Å². The highest BCUT2D eigenvalue weighted by Crippen LogP contribution is 2.13. The van der Waals surface area contributed by atoms with Gasteiger partial charge < -0.3 is 10.5 Å². The third kappa shape index (κ3) is 3.46. The minimum Gasteiger partial charge on any atom is -0.379 e. The lowest BCUT2D eigenvalue weighted by molar-refractivity contribution is 0.0301. The average molecular weight is 213 g/mol. The molecule has 0 saturated carbocycles. The molecule has 1 saturated heterocycles. The highest BCUT2D eigenvalue weighted by Gasteiger charge is 2.19. The summed E-state index contributed by atoms with van der Waals surface area (Å²) < 4.78 is 5.19. The predicted octanol–water partition coefficient (Wildman–Crippen LogP) is 0.797. The van der Waals surface area contributed by atoms with Crippen molar-refractivity contribution in [1.82, 2.24) is 4.90 Å². The topological polar surface area (TPSA) is 38.5 Å². The standard InChI is InChI=1S/C7H14Cl2N2O/c8-6(10)5-7(9)11-1-3-12-4-2-11/h6-7H,1-5,10H2. The normalized spacial score (nSPS) is 25.2. The van der Waals surface area contributed by atoms with Gasteiger partial charge in [-0.25, -0.2) is 0 Å². The number of hydrogen-bond acceptors (Lipinski definition) is 3. The number of nitrogens with two attached hydrogens (primary N) is 1. The van der Waals surface area contributed by atoms with Crippen LogP contribution in [0.15, 0.2) is 0 Å². The summed E-state index contributed by atoms with van der Waals surface area (Å²) in [5, 5.41) is 0. The first-order valence-electron chi connectivity index (χ1n) is 4.05. The summed E-state index contributed by atoms with van der Waals surface area (Å²) in [5.74, 6) is 0. The molecule has 0 spiro atoms. The largest absolute Gasteiger partial charge is 0.379 e. The molecule has 0 aliphatic carbocycles. The zero-order chi connectivity index (χ0) is 8.97. The van der Waals surface area contributed by atoms with Gasteiger partial charge in [-0.15, -0.1) is 23.2 Å². The summed E-state index contributed by atoms with van der Waals surface area (Å²) >= 11 is 11.7. The third-order valence-corrected chi connectivity index (χ3v) is 2.49. The molecule has 2 N–H and O–H groups in total. The smallest absolute Gasteiger partial charge is 0.0878 e. The van der Waals surface area contributed by atoms with E-state index in [9.17, 15) is 0 Å². The van der Waals surface area contributed by atoms with Crippen molar-refractivity contribution in [2.75, 3.05) is 26.3 Å². The second-order valence-electron chi connectivity index (χ2n) is 2.83. The van der Waals surface area contributed by atoms with Crippen molar-refractivity contribution in [3.8, 4) is 0 Å². The Morgan fingerprint density at radius 1 is 1.33 bits per heavy atom. The third-order valence-electron chi connectivity index (χ3n) is 1.86. The minimum absolute atomic E-state index is 0.0543. The van der Waals surface area contributed by atoms with Crippen molar-refractivity contribution >= 4 is 23.2 Å². The van der Waals surface area contributed by atoms with Gasteiger partial charge in [0.05, 0.1) is 24.2 Å². The number of hydrogen-bond donors (Lipinski definition) is 1. The maximum atomic E-state index is 6.06. The van der Waals surface area contributed by atoms with Crippen LogP contribution in [0.25, 0.3) is 0 Å². The average Bonchev–Trinajstić information content (AvgIpc) is 2.05. The van der Waals surface area contributed by atoms with E-state index in [4.69, 9.17) is 33.7 Å². The summed E-state index contributed by atoms with van der Waals surface area (Å²) in [6.07, 6.45) is 0.614. The van der Waals surface area contributed by atoms with E-state index in [1.807, 2.05) is 0 Å². The molecule has 1 heterocycles. The Labute approximate surface area is 82.7 Å². The summed E-state index contributed by atoms with van der Waals surface area (Å²) in [5.41, 5.74) is 5.02. The van der Waals surface area contributed by atoms with Gasteiger partial charge in [-0.1, -0.05) is 0 Å². The molecule has 0 bridgehead atoms. The van der Waals surface area contributed by atoms with Crippen molar-refractivity contribution in [3.63, 3.8) is 0 Å². The van der Waals surface area contributed by atoms with E-state index in [1.165, 1.54) is 0 Å². The van der Waals surface area contributed by atoms with Crippen LogP contribution in [-0.4, -0.2) is 42.2 Å². The number of alkyl halides is 2. The molecule has 0 aromatic heterocycles. The van der Waals surface area contributed by atoms with Crippen LogP contribution in [0.5, 0.6) is 0 Å². The van der Waals surface area contributed by atoms with Crippen LogP contribution in [-0.2, 0) is 4.74 Å². The van der Waals surface area contributed by atoms with Gasteiger partial charge in [0, 0.05) is 19.5 Å². The zero-order valence-electron chi connectivity index (χ0n) is 6.88. The van der Waals surface area contributed by atoms with Crippen LogP contribution in [0.1, 0.15) is 6.42 Å². The number of ether oxygens (including phenoxy) is 1. The van der Waals surface area contributed by atoms with Crippen molar-refractivity contribution in [3.05, 3.63) is 0 Å². The van der Waals surface area contributed by atoms with Gasteiger partial charge in [0.1, 0.15) is 0 Å². The Balaban J connectivity index is 2.24. The van der Waals surface area contributed by atoms with E-state index in [0.29, 0.717) is 6.42 Å². The van der Waals surface area contributed by atoms with Gasteiger partial charge in [-0.05, 0) is 0 Å². The van der Waals surface area contributed by atoms with Gasteiger partial charge in [0.2, 0.25) is 0 Å². The van der Waals surface area contributed by atoms with Gasteiger partial charge >= 0.3 is 0 Å². The van der Waals surface area contributed by atoms with Crippen molar-refractivity contribution < 1.29 is 4.74 Å². The Bertz CT molecular complexity index is 129. The summed E-state index contributed by atoms with van der Waals surface area (Å²) in [7, 11) is 0. The first kappa shape index (κ1) is 10.5. The number of rotatable bonds is 3. The zero-order valence-corrected chi connectivity index (χ0v) is 8.39. The van der Waals surface area contributed by atoms with Crippen LogP contribution in [0, 0.1) is 0 Å². The van der Waals surface area contributed by atoms with Crippen LogP contribution in [0.3, 0.4) is 0 Å². The van der Waals surface area contributed by atoms with Crippen LogP contribution in [0.4, 0.5) is 0 Å². The molecule has 0 aromatic rings. The van der Waals surface area contributed by atoms with Crippen molar-refractivity contribution in [2.45, 2.75) is 17.4 Å². The molecule has 2 unspecified atom stereocenters. The van der Waals surface area contributed by atoms with Gasteiger partial charge in [0.15, 0.2) is 0 Å². The first-order chi connectivity index (χ1) is 5.70. The maximum Gasteiger partial charge on any atom is 0.0878 e. The van der Waals surface area contributed by atoms with E-state index in [0.717, 1.165) is 26.3 Å². The number of nitrogens with zero attached hydrogens (tertiary/aromatic N) is 1. The lowest BCUT2D eigenvalue weighted by Gasteiger charge is -2.31. The molecule has 1 rings (SSSR count). The molecule has 1 aliphatic heterocycles. The number of morpholine rings is 1. The van der Waals surface area contributed by atoms with Crippen molar-refractivity contribution in [1.29, 1.82) is 0 Å². The van der Waals surface area contributed by atoms with Crippen molar-refractivity contribution in [2.24, 2.45) is 5.73 Å². The summed E-state index contributed by atoms with van der Waals surface area (Å²) in [4.78, 5) is 2.13. The Morgan fingerprint density at radius 3 is 2.42 bits per heavy atom. The molecule has 3 nitrogen and oxygen atoms in total. The summed E-state index contributed by atoms with van der Waals surface area (Å²) in [6.45, 7) is 3.25. The molecule has 0 radical (unpaired) electrons. The Hall–Kier alpha value is 0.460.